The van der Waals surface area contributed by atoms with Gasteiger partial charge in [0.05, 0.1) is 18.9 Å². The molecule has 13 heavy (non-hydrogen) atoms. The minimum absolute atomic E-state index is 0.115. The van der Waals surface area contributed by atoms with Gasteiger partial charge in [0.2, 0.25) is 0 Å². The van der Waals surface area contributed by atoms with E-state index in [1.807, 2.05) is 0 Å². The van der Waals surface area contributed by atoms with E-state index in [0.29, 0.717) is 5.23 Å². The monoisotopic (exact) mass is 193 g/mol. The fraction of sp³-hybridized carbons (Fsp3) is 1.00. The van der Waals surface area contributed by atoms with Crippen molar-refractivity contribution in [3.63, 3.8) is 0 Å². The van der Waals surface area contributed by atoms with Crippen molar-refractivity contribution in [2.24, 2.45) is 0 Å². The third-order valence-electron chi connectivity index (χ3n) is 1.69. The smallest absolute Gasteiger partial charge is 0.266 e. The predicted molar refractivity (Wildman–Crippen MR) is 36.1 cm³/mol. The Morgan fingerprint density at radius 1 is 1.46 bits per heavy atom. The van der Waals surface area contributed by atoms with Crippen molar-refractivity contribution >= 4 is 0 Å². The lowest BCUT2D eigenvalue weighted by atomic mass is 10.3. The Kier molecular flexibility index (Phi) is 2.40. The quantitative estimate of drug-likeness (QED) is 0.334. The van der Waals surface area contributed by atoms with E-state index >= 15 is 0 Å². The van der Waals surface area contributed by atoms with Crippen LogP contribution in [0.15, 0.2) is 0 Å². The lowest BCUT2D eigenvalue weighted by Crippen LogP contribution is -2.55. The summed E-state index contributed by atoms with van der Waals surface area (Å²) in [4.78, 5) is 27.9. The second kappa shape index (κ2) is 3.20. The molecule has 0 unspecified atom stereocenters. The first kappa shape index (κ1) is 9.77. The molecule has 0 saturated carbocycles. The van der Waals surface area contributed by atoms with Crippen molar-refractivity contribution in [2.45, 2.75) is 12.2 Å². The van der Waals surface area contributed by atoms with Crippen molar-refractivity contribution in [2.75, 3.05) is 13.7 Å². The molecular formula is C4H7N3O6. The maximum absolute atomic E-state index is 10.5. The van der Waals surface area contributed by atoms with Crippen molar-refractivity contribution in [3.05, 3.63) is 20.2 Å². The van der Waals surface area contributed by atoms with Gasteiger partial charge in [0.25, 0.3) is 0 Å². The molecule has 0 aromatic heterocycles. The molecule has 1 aliphatic rings. The van der Waals surface area contributed by atoms with E-state index < -0.39 is 15.6 Å². The standard InChI is InChI=1S/C4H7N3O6/c1-12-7-4(5(8)9,6(10)11)2-3-13-7/h2-3H2,1H3. The maximum atomic E-state index is 10.5. The summed E-state index contributed by atoms with van der Waals surface area (Å²) in [7, 11) is 1.06. The zero-order chi connectivity index (χ0) is 10.1. The molecule has 0 amide bonds. The molecule has 1 fully saturated rings. The summed E-state index contributed by atoms with van der Waals surface area (Å²) < 4.78 is 0. The Balaban J connectivity index is 3.02. The van der Waals surface area contributed by atoms with Crippen molar-refractivity contribution in [1.29, 1.82) is 0 Å². The largest absolute Gasteiger partial charge is 0.568 e. The second-order valence-corrected chi connectivity index (χ2v) is 2.31. The topological polar surface area (TPSA) is 108 Å². The van der Waals surface area contributed by atoms with Gasteiger partial charge in [-0.3, -0.25) is 29.9 Å². The normalized spacial score (nSPS) is 21.6. The highest BCUT2D eigenvalue weighted by Crippen LogP contribution is 2.28. The Bertz CT molecular complexity index is 228. The number of hydroxylamine groups is 2. The molecule has 1 saturated heterocycles. The van der Waals surface area contributed by atoms with Crippen LogP contribution in [0.25, 0.3) is 0 Å². The Labute approximate surface area is 72.0 Å². The third-order valence-corrected chi connectivity index (χ3v) is 1.69. The molecule has 0 bridgehead atoms. The third kappa shape index (κ3) is 1.22. The van der Waals surface area contributed by atoms with Crippen molar-refractivity contribution < 1.29 is 19.5 Å². The van der Waals surface area contributed by atoms with Gasteiger partial charge in [-0.25, -0.2) is 0 Å². The minimum Gasteiger partial charge on any atom is -0.266 e. The number of rotatable bonds is 3. The van der Waals surface area contributed by atoms with Gasteiger partial charge in [-0.1, -0.05) is 0 Å². The zero-order valence-electron chi connectivity index (χ0n) is 6.71. The molecule has 0 atom stereocenters. The van der Waals surface area contributed by atoms with Crippen LogP contribution < -0.4 is 0 Å². The van der Waals surface area contributed by atoms with Crippen LogP contribution in [-0.4, -0.2) is 34.6 Å². The molecule has 1 heterocycles. The van der Waals surface area contributed by atoms with Gasteiger partial charge in [-0.2, -0.15) is 0 Å². The summed E-state index contributed by atoms with van der Waals surface area (Å²) in [6, 6.07) is 0. The molecule has 0 aliphatic carbocycles. The van der Waals surface area contributed by atoms with Gasteiger partial charge in [0.15, 0.2) is 0 Å². The van der Waals surface area contributed by atoms with E-state index in [2.05, 4.69) is 9.68 Å². The van der Waals surface area contributed by atoms with E-state index in [4.69, 9.17) is 0 Å². The SMILES string of the molecule is CON1OCCC1([N+](=O)[O-])[N+](=O)[O-]. The molecule has 1 rings (SSSR count). The van der Waals surface area contributed by atoms with E-state index in [9.17, 15) is 20.2 Å². The van der Waals surface area contributed by atoms with Crippen molar-refractivity contribution in [3.8, 4) is 0 Å². The Hall–Kier alpha value is -1.32. The van der Waals surface area contributed by atoms with Gasteiger partial charge in [-0.05, 0) is 0 Å². The van der Waals surface area contributed by atoms with Crippen LogP contribution in [-0.2, 0) is 9.68 Å². The molecule has 0 radical (unpaired) electrons. The lowest BCUT2D eigenvalue weighted by Gasteiger charge is -2.17. The van der Waals surface area contributed by atoms with Gasteiger partial charge in [-0.15, -0.1) is 0 Å². The second-order valence-electron chi connectivity index (χ2n) is 2.31. The van der Waals surface area contributed by atoms with Crippen LogP contribution in [0.3, 0.4) is 0 Å². The first-order valence-corrected chi connectivity index (χ1v) is 3.32. The maximum Gasteiger partial charge on any atom is 0.568 e. The molecular weight excluding hydrogens is 186 g/mol. The summed E-state index contributed by atoms with van der Waals surface area (Å²) in [5.41, 5.74) is 0. The molecule has 0 N–H and O–H groups in total. The average Bonchev–Trinajstić information content (AvgIpc) is 2.47. The first-order chi connectivity index (χ1) is 6.05. The minimum atomic E-state index is -2.51. The highest BCUT2D eigenvalue weighted by Gasteiger charge is 2.68. The van der Waals surface area contributed by atoms with Crippen LogP contribution in [0.2, 0.25) is 0 Å². The van der Waals surface area contributed by atoms with Crippen LogP contribution >= 0.6 is 0 Å². The van der Waals surface area contributed by atoms with E-state index in [0.717, 1.165) is 7.11 Å². The summed E-state index contributed by atoms with van der Waals surface area (Å²) in [5, 5.41) is 21.3. The molecule has 0 aromatic carbocycles. The summed E-state index contributed by atoms with van der Waals surface area (Å²) >= 11 is 0. The fourth-order valence-electron chi connectivity index (χ4n) is 1.04. The lowest BCUT2D eigenvalue weighted by molar-refractivity contribution is -0.850. The molecule has 0 aromatic rings. The fourth-order valence-corrected chi connectivity index (χ4v) is 1.04. The average molecular weight is 193 g/mol. The van der Waals surface area contributed by atoms with Crippen LogP contribution in [0.5, 0.6) is 0 Å². The zero-order valence-corrected chi connectivity index (χ0v) is 6.71. The first-order valence-electron chi connectivity index (χ1n) is 3.32. The highest BCUT2D eigenvalue weighted by atomic mass is 17.0. The number of hydrogen-bond donors (Lipinski definition) is 0. The van der Waals surface area contributed by atoms with Gasteiger partial charge < -0.3 is 0 Å². The predicted octanol–water partition coefficient (Wildman–Crippen LogP) is -0.608. The molecule has 1 aliphatic heterocycles. The van der Waals surface area contributed by atoms with Crippen LogP contribution in [0, 0.1) is 20.2 Å². The van der Waals surface area contributed by atoms with Gasteiger partial charge >= 0.3 is 5.79 Å². The van der Waals surface area contributed by atoms with Gasteiger partial charge in [0, 0.05) is 0 Å². The number of nitro groups is 2. The summed E-state index contributed by atoms with van der Waals surface area (Å²) in [5.74, 6) is -2.51. The van der Waals surface area contributed by atoms with E-state index in [1.54, 1.807) is 0 Å². The molecule has 74 valence electrons. The van der Waals surface area contributed by atoms with E-state index in [-0.39, 0.29) is 13.0 Å². The Morgan fingerprint density at radius 2 is 2.00 bits per heavy atom. The molecule has 9 heteroatoms. The Morgan fingerprint density at radius 3 is 2.31 bits per heavy atom. The highest BCUT2D eigenvalue weighted by molar-refractivity contribution is 4.63. The molecule has 0 spiro atoms. The number of hydrogen-bond acceptors (Lipinski definition) is 7. The van der Waals surface area contributed by atoms with Crippen LogP contribution in [0.1, 0.15) is 6.42 Å². The van der Waals surface area contributed by atoms with Gasteiger partial charge in [0.1, 0.15) is 16.3 Å². The summed E-state index contributed by atoms with van der Waals surface area (Å²) in [6.45, 7) is -0.115. The van der Waals surface area contributed by atoms with Crippen LogP contribution in [0.4, 0.5) is 0 Å². The number of nitrogens with zero attached hydrogens (tertiary/aromatic N) is 3. The van der Waals surface area contributed by atoms with Crippen molar-refractivity contribution in [1.82, 2.24) is 5.23 Å². The van der Waals surface area contributed by atoms with E-state index in [1.165, 1.54) is 0 Å². The molecule has 9 nitrogen and oxygen atoms in total. The summed E-state index contributed by atoms with van der Waals surface area (Å²) in [6.07, 6.45) is -0.346.